The SMILES string of the molecule is CCC1NC(c2cccc(F)c2)N(CCCCSC)C1=O. The lowest BCUT2D eigenvalue weighted by Crippen LogP contribution is -2.32. The lowest BCUT2D eigenvalue weighted by molar-refractivity contribution is -0.130. The average molecular weight is 310 g/mol. The van der Waals surface area contributed by atoms with Gasteiger partial charge in [-0.3, -0.25) is 10.1 Å². The molecule has 1 aromatic carbocycles. The third-order valence-electron chi connectivity index (χ3n) is 3.82. The third kappa shape index (κ3) is 3.98. The molecule has 0 saturated carbocycles. The van der Waals surface area contributed by atoms with Gasteiger partial charge in [0.1, 0.15) is 12.0 Å². The van der Waals surface area contributed by atoms with Crippen LogP contribution in [0, 0.1) is 5.82 Å². The molecule has 1 heterocycles. The molecule has 0 spiro atoms. The van der Waals surface area contributed by atoms with Crippen LogP contribution in [0.3, 0.4) is 0 Å². The van der Waals surface area contributed by atoms with Crippen LogP contribution in [-0.4, -0.2) is 35.4 Å². The largest absolute Gasteiger partial charge is 0.322 e. The summed E-state index contributed by atoms with van der Waals surface area (Å²) in [5.41, 5.74) is 0.823. The van der Waals surface area contributed by atoms with Gasteiger partial charge >= 0.3 is 0 Å². The van der Waals surface area contributed by atoms with E-state index in [0.717, 1.165) is 37.1 Å². The van der Waals surface area contributed by atoms with E-state index in [1.165, 1.54) is 12.1 Å². The van der Waals surface area contributed by atoms with E-state index in [0.29, 0.717) is 0 Å². The summed E-state index contributed by atoms with van der Waals surface area (Å²) in [5, 5.41) is 3.33. The number of nitrogens with zero attached hydrogens (tertiary/aromatic N) is 1. The molecular weight excluding hydrogens is 287 g/mol. The van der Waals surface area contributed by atoms with Crippen molar-refractivity contribution in [1.82, 2.24) is 10.2 Å². The van der Waals surface area contributed by atoms with Gasteiger partial charge in [-0.2, -0.15) is 11.8 Å². The molecular formula is C16H23FN2OS. The summed E-state index contributed by atoms with van der Waals surface area (Å²) in [6, 6.07) is 6.36. The fourth-order valence-electron chi connectivity index (χ4n) is 2.69. The first-order valence-electron chi connectivity index (χ1n) is 7.48. The molecule has 0 aliphatic carbocycles. The first-order valence-corrected chi connectivity index (χ1v) is 8.87. The summed E-state index contributed by atoms with van der Waals surface area (Å²) >= 11 is 1.82. The zero-order valence-corrected chi connectivity index (χ0v) is 13.5. The van der Waals surface area contributed by atoms with Crippen LogP contribution in [0.4, 0.5) is 4.39 Å². The number of benzene rings is 1. The first kappa shape index (κ1) is 16.3. The summed E-state index contributed by atoms with van der Waals surface area (Å²) in [4.78, 5) is 14.3. The minimum atomic E-state index is -0.260. The Morgan fingerprint density at radius 3 is 2.86 bits per heavy atom. The van der Waals surface area contributed by atoms with Gasteiger partial charge in [0.15, 0.2) is 0 Å². The molecule has 1 amide bonds. The van der Waals surface area contributed by atoms with Crippen LogP contribution in [0.15, 0.2) is 24.3 Å². The lowest BCUT2D eigenvalue weighted by Gasteiger charge is -2.24. The Morgan fingerprint density at radius 1 is 1.38 bits per heavy atom. The van der Waals surface area contributed by atoms with E-state index in [-0.39, 0.29) is 23.9 Å². The van der Waals surface area contributed by atoms with Crippen LogP contribution >= 0.6 is 11.8 Å². The van der Waals surface area contributed by atoms with Crippen molar-refractivity contribution < 1.29 is 9.18 Å². The maximum atomic E-state index is 13.4. The standard InChI is InChI=1S/C16H23FN2OS/c1-3-14-16(20)19(9-4-5-10-21-2)15(18-14)12-7-6-8-13(17)11-12/h6-8,11,14-15,18H,3-5,9-10H2,1-2H3. The predicted molar refractivity (Wildman–Crippen MR) is 85.7 cm³/mol. The summed E-state index contributed by atoms with van der Waals surface area (Å²) in [6.07, 6.45) is 4.72. The quantitative estimate of drug-likeness (QED) is 0.785. The van der Waals surface area contributed by atoms with Crippen LogP contribution in [0.1, 0.15) is 37.9 Å². The van der Waals surface area contributed by atoms with Gasteiger partial charge in [-0.25, -0.2) is 4.39 Å². The highest BCUT2D eigenvalue weighted by atomic mass is 32.2. The number of halogens is 1. The maximum Gasteiger partial charge on any atom is 0.241 e. The number of thioether (sulfide) groups is 1. The van der Waals surface area contributed by atoms with Gasteiger partial charge in [0.2, 0.25) is 5.91 Å². The Kier molecular flexibility index (Phi) is 6.06. The van der Waals surface area contributed by atoms with Crippen molar-refractivity contribution in [1.29, 1.82) is 0 Å². The molecule has 21 heavy (non-hydrogen) atoms. The van der Waals surface area contributed by atoms with Crippen molar-refractivity contribution in [2.75, 3.05) is 18.6 Å². The van der Waals surface area contributed by atoms with Crippen LogP contribution in [0.25, 0.3) is 0 Å². The molecule has 2 rings (SSSR count). The summed E-state index contributed by atoms with van der Waals surface area (Å²) in [7, 11) is 0. The van der Waals surface area contributed by atoms with Gasteiger partial charge < -0.3 is 4.90 Å². The Morgan fingerprint density at radius 2 is 2.19 bits per heavy atom. The number of unbranched alkanes of at least 4 members (excludes halogenated alkanes) is 1. The predicted octanol–water partition coefficient (Wildman–Crippen LogP) is 3.18. The lowest BCUT2D eigenvalue weighted by atomic mass is 10.1. The second-order valence-electron chi connectivity index (χ2n) is 5.32. The zero-order chi connectivity index (χ0) is 15.2. The normalized spacial score (nSPS) is 22.0. The van der Waals surface area contributed by atoms with Gasteiger partial charge in [-0.15, -0.1) is 0 Å². The Hall–Kier alpha value is -1.07. The summed E-state index contributed by atoms with van der Waals surface area (Å²) in [6.45, 7) is 2.72. The topological polar surface area (TPSA) is 32.3 Å². The van der Waals surface area contributed by atoms with Crippen LogP contribution in [-0.2, 0) is 4.79 Å². The van der Waals surface area contributed by atoms with Gasteiger partial charge in [0.05, 0.1) is 6.04 Å². The van der Waals surface area contributed by atoms with Crippen molar-refractivity contribution in [2.24, 2.45) is 0 Å². The molecule has 1 N–H and O–H groups in total. The zero-order valence-electron chi connectivity index (χ0n) is 12.6. The monoisotopic (exact) mass is 310 g/mol. The third-order valence-corrected chi connectivity index (χ3v) is 4.52. The molecule has 0 radical (unpaired) electrons. The highest BCUT2D eigenvalue weighted by molar-refractivity contribution is 7.98. The molecule has 0 aromatic heterocycles. The fraction of sp³-hybridized carbons (Fsp3) is 0.562. The molecule has 0 bridgehead atoms. The van der Waals surface area contributed by atoms with Crippen LogP contribution < -0.4 is 5.32 Å². The van der Waals surface area contributed by atoms with E-state index in [1.54, 1.807) is 6.07 Å². The molecule has 1 fully saturated rings. The number of hydrogen-bond donors (Lipinski definition) is 1. The molecule has 1 aliphatic rings. The van der Waals surface area contributed by atoms with Gasteiger partial charge in [0.25, 0.3) is 0 Å². The van der Waals surface area contributed by atoms with Crippen molar-refractivity contribution in [3.63, 3.8) is 0 Å². The van der Waals surface area contributed by atoms with E-state index in [1.807, 2.05) is 29.7 Å². The van der Waals surface area contributed by atoms with Crippen LogP contribution in [0.5, 0.6) is 0 Å². The second kappa shape index (κ2) is 7.80. The summed E-state index contributed by atoms with van der Waals surface area (Å²) in [5.74, 6) is 0.983. The summed E-state index contributed by atoms with van der Waals surface area (Å²) < 4.78 is 13.4. The molecule has 1 aromatic rings. The molecule has 1 saturated heterocycles. The van der Waals surface area contributed by atoms with E-state index in [9.17, 15) is 9.18 Å². The van der Waals surface area contributed by atoms with Crippen molar-refractivity contribution in [2.45, 2.75) is 38.4 Å². The number of rotatable bonds is 7. The molecule has 5 heteroatoms. The highest BCUT2D eigenvalue weighted by Crippen LogP contribution is 2.27. The van der Waals surface area contributed by atoms with Crippen LogP contribution in [0.2, 0.25) is 0 Å². The smallest absolute Gasteiger partial charge is 0.241 e. The van der Waals surface area contributed by atoms with E-state index in [2.05, 4.69) is 11.6 Å². The molecule has 1 aliphatic heterocycles. The minimum absolute atomic E-state index is 0.135. The number of hydrogen-bond acceptors (Lipinski definition) is 3. The van der Waals surface area contributed by atoms with Crippen molar-refractivity contribution in [3.05, 3.63) is 35.6 Å². The second-order valence-corrected chi connectivity index (χ2v) is 6.30. The van der Waals surface area contributed by atoms with Crippen molar-refractivity contribution >= 4 is 17.7 Å². The van der Waals surface area contributed by atoms with Crippen molar-refractivity contribution in [3.8, 4) is 0 Å². The first-order chi connectivity index (χ1) is 10.2. The fourth-order valence-corrected chi connectivity index (χ4v) is 3.19. The Balaban J connectivity index is 2.10. The van der Waals surface area contributed by atoms with Gasteiger partial charge in [-0.05, 0) is 49.0 Å². The van der Waals surface area contributed by atoms with Gasteiger partial charge in [-0.1, -0.05) is 19.1 Å². The highest BCUT2D eigenvalue weighted by Gasteiger charge is 2.38. The Labute approximate surface area is 130 Å². The average Bonchev–Trinajstić information content (AvgIpc) is 2.80. The number of amides is 1. The number of nitrogens with one attached hydrogen (secondary N) is 1. The number of carbonyl (C=O) groups excluding carboxylic acids is 1. The minimum Gasteiger partial charge on any atom is -0.322 e. The molecule has 116 valence electrons. The molecule has 2 atom stereocenters. The molecule has 2 unspecified atom stereocenters. The Bertz CT molecular complexity index is 483. The van der Waals surface area contributed by atoms with E-state index < -0.39 is 0 Å². The molecule has 3 nitrogen and oxygen atoms in total. The van der Waals surface area contributed by atoms with Gasteiger partial charge in [0, 0.05) is 6.54 Å². The maximum absolute atomic E-state index is 13.4. The van der Waals surface area contributed by atoms with E-state index in [4.69, 9.17) is 0 Å². The van der Waals surface area contributed by atoms with E-state index >= 15 is 0 Å². The number of carbonyl (C=O) groups is 1.